The number of sulfonamides is 1. The molecule has 0 saturated heterocycles. The standard InChI is InChI=1S/C18H14ClF3N6O5S/c1-31-15-14(33-17(21)22)16(32-2)25-18(24-15)27-34(29,30)10-7-23-12-8(10)3-4-9(19)13(12)28-6-5-11(20)26-28/h3-7,17,23H,1-2H3,(H,24,25,27). The third-order valence-electron chi connectivity index (χ3n) is 4.44. The number of fused-ring (bicyclic) bond motifs is 1. The van der Waals surface area contributed by atoms with Crippen molar-refractivity contribution in [2.24, 2.45) is 0 Å². The first-order chi connectivity index (χ1) is 16.1. The molecule has 0 aliphatic rings. The molecule has 0 saturated carbocycles. The van der Waals surface area contributed by atoms with Gasteiger partial charge in [0.05, 0.1) is 24.8 Å². The number of aromatic amines is 1. The number of halogens is 4. The molecule has 16 heteroatoms. The molecule has 0 atom stereocenters. The number of nitrogens with one attached hydrogen (secondary N) is 2. The van der Waals surface area contributed by atoms with Gasteiger partial charge < -0.3 is 19.2 Å². The highest BCUT2D eigenvalue weighted by molar-refractivity contribution is 7.93. The van der Waals surface area contributed by atoms with Gasteiger partial charge in [0.25, 0.3) is 21.8 Å². The Morgan fingerprint density at radius 3 is 2.38 bits per heavy atom. The first-order valence-corrected chi connectivity index (χ1v) is 11.0. The smallest absolute Gasteiger partial charge is 0.387 e. The second-order valence-electron chi connectivity index (χ2n) is 6.43. The summed E-state index contributed by atoms with van der Waals surface area (Å²) in [4.78, 5) is 10.1. The quantitative estimate of drug-likeness (QED) is 0.363. The lowest BCUT2D eigenvalue weighted by Gasteiger charge is -2.14. The maximum absolute atomic E-state index is 13.4. The summed E-state index contributed by atoms with van der Waals surface area (Å²) in [5, 5.41) is 4.04. The molecule has 3 aromatic heterocycles. The maximum atomic E-state index is 13.4. The van der Waals surface area contributed by atoms with Crippen molar-refractivity contribution in [1.82, 2.24) is 24.7 Å². The van der Waals surface area contributed by atoms with Gasteiger partial charge in [-0.2, -0.15) is 23.1 Å². The summed E-state index contributed by atoms with van der Waals surface area (Å²) < 4.78 is 82.5. The van der Waals surface area contributed by atoms with E-state index in [4.69, 9.17) is 21.1 Å². The second kappa shape index (κ2) is 8.90. The van der Waals surface area contributed by atoms with E-state index >= 15 is 0 Å². The lowest BCUT2D eigenvalue weighted by molar-refractivity contribution is -0.0533. The average molecular weight is 519 g/mol. The van der Waals surface area contributed by atoms with Crippen LogP contribution in [0.5, 0.6) is 17.5 Å². The third-order valence-corrected chi connectivity index (χ3v) is 6.11. The summed E-state index contributed by atoms with van der Waals surface area (Å²) in [5.74, 6) is -2.88. The topological polar surface area (TPSA) is 133 Å². The van der Waals surface area contributed by atoms with Crippen LogP contribution in [0.4, 0.5) is 19.1 Å². The van der Waals surface area contributed by atoms with Crippen LogP contribution in [0.1, 0.15) is 0 Å². The molecule has 3 heterocycles. The van der Waals surface area contributed by atoms with Gasteiger partial charge in [-0.05, 0) is 12.1 Å². The Balaban J connectivity index is 1.77. The lowest BCUT2D eigenvalue weighted by atomic mass is 10.2. The first kappa shape index (κ1) is 23.4. The number of rotatable bonds is 8. The Kier molecular flexibility index (Phi) is 6.14. The maximum Gasteiger partial charge on any atom is 0.387 e. The molecule has 0 aliphatic carbocycles. The molecule has 0 fully saturated rings. The predicted molar refractivity (Wildman–Crippen MR) is 113 cm³/mol. The van der Waals surface area contributed by atoms with Gasteiger partial charge in [-0.1, -0.05) is 11.6 Å². The first-order valence-electron chi connectivity index (χ1n) is 9.13. The number of H-pyrrole nitrogens is 1. The molecule has 0 radical (unpaired) electrons. The average Bonchev–Trinajstić information content (AvgIpc) is 3.40. The number of hydrogen-bond donors (Lipinski definition) is 2. The third kappa shape index (κ3) is 4.26. The Morgan fingerprint density at radius 2 is 1.82 bits per heavy atom. The second-order valence-corrected chi connectivity index (χ2v) is 8.49. The Bertz CT molecular complexity index is 1450. The molecule has 0 unspecified atom stereocenters. The largest absolute Gasteiger partial charge is 0.478 e. The summed E-state index contributed by atoms with van der Waals surface area (Å²) in [7, 11) is -2.12. The van der Waals surface area contributed by atoms with Crippen molar-refractivity contribution in [2.45, 2.75) is 11.5 Å². The van der Waals surface area contributed by atoms with Crippen LogP contribution in [0.25, 0.3) is 16.6 Å². The monoisotopic (exact) mass is 518 g/mol. The summed E-state index contributed by atoms with van der Waals surface area (Å²) >= 11 is 6.24. The van der Waals surface area contributed by atoms with Crippen molar-refractivity contribution in [3.05, 3.63) is 41.6 Å². The van der Waals surface area contributed by atoms with Crippen LogP contribution in [0.15, 0.2) is 35.5 Å². The number of methoxy groups -OCH3 is 2. The summed E-state index contributed by atoms with van der Waals surface area (Å²) in [5.41, 5.74) is 0.477. The minimum absolute atomic E-state index is 0.182. The Labute approximate surface area is 194 Å². The van der Waals surface area contributed by atoms with E-state index in [0.717, 1.165) is 25.0 Å². The molecular formula is C18H14ClF3N6O5S. The normalized spacial score (nSPS) is 11.7. The highest BCUT2D eigenvalue weighted by atomic mass is 35.5. The molecule has 0 aliphatic heterocycles. The van der Waals surface area contributed by atoms with Crippen molar-refractivity contribution in [3.8, 4) is 23.2 Å². The zero-order chi connectivity index (χ0) is 24.6. The van der Waals surface area contributed by atoms with E-state index in [9.17, 15) is 21.6 Å². The fraction of sp³-hybridized carbons (Fsp3) is 0.167. The fourth-order valence-electron chi connectivity index (χ4n) is 3.10. The van der Waals surface area contributed by atoms with Gasteiger partial charge >= 0.3 is 6.61 Å². The molecule has 4 aromatic rings. The Hall–Kier alpha value is -3.72. The van der Waals surface area contributed by atoms with E-state index in [1.807, 2.05) is 0 Å². The molecule has 0 spiro atoms. The number of benzene rings is 1. The number of anilines is 1. The molecule has 34 heavy (non-hydrogen) atoms. The van der Waals surface area contributed by atoms with E-state index in [-0.39, 0.29) is 26.5 Å². The van der Waals surface area contributed by atoms with Gasteiger partial charge in [0.1, 0.15) is 10.6 Å². The van der Waals surface area contributed by atoms with Gasteiger partial charge in [0, 0.05) is 23.8 Å². The number of hydrogen-bond acceptors (Lipinski definition) is 8. The van der Waals surface area contributed by atoms with Gasteiger partial charge in [-0.15, -0.1) is 5.10 Å². The number of alkyl halides is 2. The zero-order valence-corrected chi connectivity index (χ0v) is 18.8. The van der Waals surface area contributed by atoms with Crippen LogP contribution < -0.4 is 18.9 Å². The van der Waals surface area contributed by atoms with Crippen molar-refractivity contribution in [1.29, 1.82) is 0 Å². The molecule has 11 nitrogen and oxygen atoms in total. The molecule has 1 aromatic carbocycles. The highest BCUT2D eigenvalue weighted by Crippen LogP contribution is 2.37. The SMILES string of the molecule is COc1nc(NS(=O)(=O)c2c[nH]c3c(-n4ccc(F)n4)c(Cl)ccc23)nc(OC)c1OC(F)F. The van der Waals surface area contributed by atoms with Crippen LogP contribution in [0, 0.1) is 5.95 Å². The van der Waals surface area contributed by atoms with E-state index in [0.29, 0.717) is 0 Å². The highest BCUT2D eigenvalue weighted by Gasteiger charge is 2.26. The molecule has 2 N–H and O–H groups in total. The van der Waals surface area contributed by atoms with Gasteiger partial charge in [0.2, 0.25) is 17.6 Å². The van der Waals surface area contributed by atoms with Crippen LogP contribution in [-0.2, 0) is 10.0 Å². The zero-order valence-electron chi connectivity index (χ0n) is 17.2. The van der Waals surface area contributed by atoms with Crippen LogP contribution in [0.3, 0.4) is 0 Å². The van der Waals surface area contributed by atoms with E-state index in [2.05, 4.69) is 29.5 Å². The summed E-state index contributed by atoms with van der Waals surface area (Å²) in [6, 6.07) is 3.97. The molecule has 4 rings (SSSR count). The van der Waals surface area contributed by atoms with Crippen molar-refractivity contribution >= 4 is 38.5 Å². The predicted octanol–water partition coefficient (Wildman–Crippen LogP) is 3.36. The van der Waals surface area contributed by atoms with E-state index in [1.54, 1.807) is 0 Å². The number of nitrogens with zero attached hydrogens (tertiary/aromatic N) is 4. The van der Waals surface area contributed by atoms with Crippen LogP contribution in [0.2, 0.25) is 5.02 Å². The van der Waals surface area contributed by atoms with Gasteiger partial charge in [-0.25, -0.2) is 17.8 Å². The molecule has 180 valence electrons. The van der Waals surface area contributed by atoms with Crippen molar-refractivity contribution in [3.63, 3.8) is 0 Å². The molecule has 0 amide bonds. The molecular weight excluding hydrogens is 505 g/mol. The summed E-state index contributed by atoms with van der Waals surface area (Å²) in [6.07, 6.45) is 2.49. The fourth-order valence-corrected chi connectivity index (χ4v) is 4.46. The summed E-state index contributed by atoms with van der Waals surface area (Å²) in [6.45, 7) is -3.23. The van der Waals surface area contributed by atoms with Gasteiger partial charge in [0.15, 0.2) is 0 Å². The lowest BCUT2D eigenvalue weighted by Crippen LogP contribution is -2.16. The van der Waals surface area contributed by atoms with Gasteiger partial charge in [-0.3, -0.25) is 0 Å². The number of aromatic nitrogens is 5. The van der Waals surface area contributed by atoms with Crippen LogP contribution in [-0.4, -0.2) is 54.0 Å². The van der Waals surface area contributed by atoms with Crippen molar-refractivity contribution in [2.75, 3.05) is 18.9 Å². The van der Waals surface area contributed by atoms with Crippen molar-refractivity contribution < 1.29 is 35.8 Å². The molecule has 0 bridgehead atoms. The minimum Gasteiger partial charge on any atom is -0.478 e. The number of ether oxygens (including phenoxy) is 3. The Morgan fingerprint density at radius 1 is 1.15 bits per heavy atom. The van der Waals surface area contributed by atoms with E-state index in [1.165, 1.54) is 24.5 Å². The minimum atomic E-state index is -4.34. The van der Waals surface area contributed by atoms with Crippen LogP contribution >= 0.6 is 11.6 Å². The van der Waals surface area contributed by atoms with E-state index < -0.39 is 46.0 Å².